The third-order valence-corrected chi connectivity index (χ3v) is 5.16. The van der Waals surface area contributed by atoms with Crippen LogP contribution < -0.4 is 5.32 Å². The molecule has 0 aliphatic heterocycles. The van der Waals surface area contributed by atoms with E-state index in [1.54, 1.807) is 25.1 Å². The minimum Gasteiger partial charge on any atom is -0.298 e. The van der Waals surface area contributed by atoms with Gasteiger partial charge in [-0.05, 0) is 25.1 Å². The van der Waals surface area contributed by atoms with Gasteiger partial charge in [0.15, 0.2) is 11.0 Å². The molecule has 1 amide bonds. The summed E-state index contributed by atoms with van der Waals surface area (Å²) in [5.41, 5.74) is 0.772. The van der Waals surface area contributed by atoms with E-state index in [0.29, 0.717) is 20.1 Å². The molecule has 2 heterocycles. The molecule has 0 bridgehead atoms. The fourth-order valence-electron chi connectivity index (χ4n) is 2.14. The molecule has 1 aromatic carbocycles. The molecule has 25 heavy (non-hydrogen) atoms. The van der Waals surface area contributed by atoms with Gasteiger partial charge in [-0.25, -0.2) is 9.97 Å². The summed E-state index contributed by atoms with van der Waals surface area (Å²) in [6.07, 6.45) is 2.48. The van der Waals surface area contributed by atoms with Crippen LogP contribution in [-0.2, 0) is 0 Å². The first-order valence-electron chi connectivity index (χ1n) is 6.92. The Morgan fingerprint density at radius 3 is 2.92 bits per heavy atom. The highest BCUT2D eigenvalue weighted by Gasteiger charge is 2.20. The van der Waals surface area contributed by atoms with Crippen LogP contribution in [-0.4, -0.2) is 20.4 Å². The molecule has 0 spiro atoms. The maximum absolute atomic E-state index is 13.0. The van der Waals surface area contributed by atoms with E-state index in [9.17, 15) is 13.6 Å². The molecule has 0 fully saturated rings. The molecule has 0 radical (unpaired) electrons. The van der Waals surface area contributed by atoms with Gasteiger partial charge < -0.3 is 0 Å². The van der Waals surface area contributed by atoms with Gasteiger partial charge >= 0.3 is 6.55 Å². The van der Waals surface area contributed by atoms with Crippen LogP contribution in [0.4, 0.5) is 13.9 Å². The van der Waals surface area contributed by atoms with Crippen molar-refractivity contribution in [3.63, 3.8) is 0 Å². The molecule has 130 valence electrons. The number of carbonyl (C=O) groups is 1. The van der Waals surface area contributed by atoms with Gasteiger partial charge in [0.1, 0.15) is 0 Å². The minimum absolute atomic E-state index is 0.103. The highest BCUT2D eigenvalue weighted by atomic mass is 79.9. The molecule has 3 rings (SSSR count). The Morgan fingerprint density at radius 2 is 2.20 bits per heavy atom. The molecule has 0 aliphatic rings. The summed E-state index contributed by atoms with van der Waals surface area (Å²) in [7, 11) is 0. The summed E-state index contributed by atoms with van der Waals surface area (Å²) < 4.78 is 27.5. The number of hydrogen-bond acceptors (Lipinski definition) is 4. The lowest BCUT2D eigenvalue weighted by molar-refractivity contribution is 0.0720. The lowest BCUT2D eigenvalue weighted by atomic mass is 10.2. The number of thiazole rings is 1. The Hall–Kier alpha value is -1.84. The smallest absolute Gasteiger partial charge is 0.298 e. The van der Waals surface area contributed by atoms with Crippen molar-refractivity contribution >= 4 is 49.9 Å². The first kappa shape index (κ1) is 18.0. The minimum atomic E-state index is -2.71. The molecule has 2 aromatic heterocycles. The first-order chi connectivity index (χ1) is 11.9. The summed E-state index contributed by atoms with van der Waals surface area (Å²) in [4.78, 5) is 21.0. The molecular weight excluding hydrogens is 438 g/mol. The number of nitrogens with zero attached hydrogens (tertiary/aromatic N) is 3. The van der Waals surface area contributed by atoms with Crippen molar-refractivity contribution in [1.82, 2.24) is 14.5 Å². The Labute approximate surface area is 158 Å². The van der Waals surface area contributed by atoms with Crippen molar-refractivity contribution in [1.29, 1.82) is 0 Å². The number of imidazole rings is 1. The number of aryl methyl sites for hydroxylation is 1. The highest BCUT2D eigenvalue weighted by Crippen LogP contribution is 2.34. The predicted octanol–water partition coefficient (Wildman–Crippen LogP) is 5.38. The van der Waals surface area contributed by atoms with Gasteiger partial charge in [-0.2, -0.15) is 8.78 Å². The number of halogens is 4. The number of carbonyl (C=O) groups excluding carboxylic acids is 1. The standard InChI is InChI=1S/C15H10BrClF2N4OS/c1-7-11(12-20-4-5-23(12)14(18)19)25-15(21-7)22-13(24)9-6-8(16)2-3-10(9)17/h2-6,14H,1H3,(H,21,22,24). The SMILES string of the molecule is Cc1nc(NC(=O)c2cc(Br)ccc2Cl)sc1-c1nccn1C(F)F. The fraction of sp³-hybridized carbons (Fsp3) is 0.133. The summed E-state index contributed by atoms with van der Waals surface area (Å²) in [6, 6.07) is 4.90. The van der Waals surface area contributed by atoms with Crippen molar-refractivity contribution < 1.29 is 13.6 Å². The van der Waals surface area contributed by atoms with Crippen LogP contribution in [0.1, 0.15) is 22.6 Å². The molecule has 1 N–H and O–H groups in total. The lowest BCUT2D eigenvalue weighted by Gasteiger charge is -2.05. The normalized spacial score (nSPS) is 11.1. The maximum Gasteiger partial charge on any atom is 0.320 e. The second-order valence-electron chi connectivity index (χ2n) is 4.95. The van der Waals surface area contributed by atoms with E-state index in [2.05, 4.69) is 31.2 Å². The Morgan fingerprint density at radius 1 is 1.44 bits per heavy atom. The number of anilines is 1. The van der Waals surface area contributed by atoms with Crippen LogP contribution in [0.25, 0.3) is 10.7 Å². The van der Waals surface area contributed by atoms with E-state index >= 15 is 0 Å². The lowest BCUT2D eigenvalue weighted by Crippen LogP contribution is -2.12. The van der Waals surface area contributed by atoms with Crippen molar-refractivity contribution in [2.45, 2.75) is 13.5 Å². The molecule has 10 heteroatoms. The van der Waals surface area contributed by atoms with Crippen LogP contribution in [0.5, 0.6) is 0 Å². The summed E-state index contributed by atoms with van der Waals surface area (Å²) >= 11 is 10.4. The van der Waals surface area contributed by atoms with Gasteiger partial charge in [0.2, 0.25) is 0 Å². The Bertz CT molecular complexity index is 944. The van der Waals surface area contributed by atoms with Crippen molar-refractivity contribution in [3.05, 3.63) is 51.3 Å². The second kappa shape index (κ2) is 7.19. The zero-order valence-electron chi connectivity index (χ0n) is 12.6. The second-order valence-corrected chi connectivity index (χ2v) is 7.27. The first-order valence-corrected chi connectivity index (χ1v) is 8.90. The summed E-state index contributed by atoms with van der Waals surface area (Å²) in [6.45, 7) is -1.05. The quantitative estimate of drug-likeness (QED) is 0.584. The number of alkyl halides is 2. The van der Waals surface area contributed by atoms with E-state index < -0.39 is 12.5 Å². The average Bonchev–Trinajstić information content (AvgIpc) is 3.16. The molecule has 0 aliphatic carbocycles. The van der Waals surface area contributed by atoms with Crippen LogP contribution in [0.3, 0.4) is 0 Å². The van der Waals surface area contributed by atoms with E-state index in [1.165, 1.54) is 12.4 Å². The number of rotatable bonds is 4. The number of benzene rings is 1. The number of amides is 1. The predicted molar refractivity (Wildman–Crippen MR) is 96.4 cm³/mol. The highest BCUT2D eigenvalue weighted by molar-refractivity contribution is 9.10. The molecule has 0 atom stereocenters. The zero-order chi connectivity index (χ0) is 18.1. The van der Waals surface area contributed by atoms with Gasteiger partial charge in [0.25, 0.3) is 5.91 Å². The van der Waals surface area contributed by atoms with Crippen LogP contribution in [0.15, 0.2) is 35.1 Å². The van der Waals surface area contributed by atoms with Crippen molar-refractivity contribution in [2.75, 3.05) is 5.32 Å². The van der Waals surface area contributed by atoms with Gasteiger partial charge in [-0.1, -0.05) is 38.9 Å². The van der Waals surface area contributed by atoms with Crippen LogP contribution in [0, 0.1) is 6.92 Å². The summed E-state index contributed by atoms with van der Waals surface area (Å²) in [5.74, 6) is -0.338. The van der Waals surface area contributed by atoms with Gasteiger partial charge in [0, 0.05) is 16.9 Å². The van der Waals surface area contributed by atoms with Gasteiger partial charge in [-0.3, -0.25) is 14.7 Å². The zero-order valence-corrected chi connectivity index (χ0v) is 15.8. The van der Waals surface area contributed by atoms with E-state index in [0.717, 1.165) is 15.9 Å². The third-order valence-electron chi connectivity index (χ3n) is 3.27. The van der Waals surface area contributed by atoms with E-state index in [1.807, 2.05) is 0 Å². The largest absolute Gasteiger partial charge is 0.320 e. The third kappa shape index (κ3) is 3.73. The Balaban J connectivity index is 1.89. The van der Waals surface area contributed by atoms with Crippen LogP contribution >= 0.6 is 38.9 Å². The average molecular weight is 448 g/mol. The molecule has 3 aromatic rings. The van der Waals surface area contributed by atoms with Crippen LogP contribution in [0.2, 0.25) is 5.02 Å². The molecule has 5 nitrogen and oxygen atoms in total. The van der Waals surface area contributed by atoms with Gasteiger partial charge in [-0.15, -0.1) is 0 Å². The fourth-order valence-corrected chi connectivity index (χ4v) is 3.67. The Kier molecular flexibility index (Phi) is 5.16. The number of nitrogens with one attached hydrogen (secondary N) is 1. The van der Waals surface area contributed by atoms with E-state index in [-0.39, 0.29) is 16.5 Å². The molecule has 0 saturated carbocycles. The monoisotopic (exact) mass is 446 g/mol. The number of hydrogen-bond donors (Lipinski definition) is 1. The van der Waals surface area contributed by atoms with Gasteiger partial charge in [0.05, 0.1) is 21.2 Å². The molecular formula is C15H10BrClF2N4OS. The molecule has 0 unspecified atom stereocenters. The van der Waals surface area contributed by atoms with Crippen molar-refractivity contribution in [3.8, 4) is 10.7 Å². The van der Waals surface area contributed by atoms with Crippen molar-refractivity contribution in [2.24, 2.45) is 0 Å². The number of aromatic nitrogens is 3. The van der Waals surface area contributed by atoms with E-state index in [4.69, 9.17) is 11.6 Å². The topological polar surface area (TPSA) is 59.8 Å². The maximum atomic E-state index is 13.0. The molecule has 0 saturated heterocycles. The summed E-state index contributed by atoms with van der Waals surface area (Å²) in [5, 5.41) is 3.21.